The van der Waals surface area contributed by atoms with Gasteiger partial charge in [-0.3, -0.25) is 9.59 Å². The first-order valence-electron chi connectivity index (χ1n) is 6.64. The highest BCUT2D eigenvalue weighted by Gasteiger charge is 2.18. The van der Waals surface area contributed by atoms with E-state index in [0.29, 0.717) is 6.54 Å². The van der Waals surface area contributed by atoms with Crippen LogP contribution in [0.4, 0.5) is 0 Å². The van der Waals surface area contributed by atoms with Crippen LogP contribution >= 0.6 is 11.8 Å². The van der Waals surface area contributed by atoms with Crippen molar-refractivity contribution in [2.24, 2.45) is 0 Å². The summed E-state index contributed by atoms with van der Waals surface area (Å²) in [6.07, 6.45) is -0.447. The van der Waals surface area contributed by atoms with Crippen molar-refractivity contribution in [1.82, 2.24) is 10.2 Å². The first-order chi connectivity index (χ1) is 8.77. The van der Waals surface area contributed by atoms with Gasteiger partial charge >= 0.3 is 0 Å². The number of hydrogen-bond donors (Lipinski definition) is 2. The summed E-state index contributed by atoms with van der Waals surface area (Å²) in [5, 5.41) is 12.1. The number of nitrogens with zero attached hydrogens (tertiary/aromatic N) is 1. The van der Waals surface area contributed by atoms with Crippen LogP contribution in [-0.2, 0) is 9.59 Å². The van der Waals surface area contributed by atoms with E-state index in [4.69, 9.17) is 0 Å². The maximum atomic E-state index is 12.0. The Labute approximate surface area is 120 Å². The third kappa shape index (κ3) is 8.10. The Morgan fingerprint density at radius 3 is 2.26 bits per heavy atom. The van der Waals surface area contributed by atoms with Gasteiger partial charge in [0.05, 0.1) is 18.4 Å². The highest BCUT2D eigenvalue weighted by molar-refractivity contribution is 8.00. The van der Waals surface area contributed by atoms with Crippen molar-refractivity contribution >= 4 is 23.6 Å². The minimum atomic E-state index is -0.447. The maximum Gasteiger partial charge on any atom is 0.239 e. The monoisotopic (exact) mass is 290 g/mol. The lowest BCUT2D eigenvalue weighted by Crippen LogP contribution is -2.43. The van der Waals surface area contributed by atoms with Crippen molar-refractivity contribution in [2.75, 3.05) is 18.8 Å². The Bertz CT molecular complexity index is 296. The molecule has 6 heteroatoms. The van der Waals surface area contributed by atoms with E-state index in [9.17, 15) is 14.7 Å². The molecule has 0 aromatic carbocycles. The quantitative estimate of drug-likeness (QED) is 0.696. The molecule has 0 saturated carbocycles. The van der Waals surface area contributed by atoms with Gasteiger partial charge < -0.3 is 15.3 Å². The van der Waals surface area contributed by atoms with E-state index in [2.05, 4.69) is 5.32 Å². The summed E-state index contributed by atoms with van der Waals surface area (Å²) >= 11 is 1.40. The lowest BCUT2D eigenvalue weighted by molar-refractivity contribution is -0.134. The summed E-state index contributed by atoms with van der Waals surface area (Å²) in [7, 11) is 0. The van der Waals surface area contributed by atoms with Gasteiger partial charge in [0.25, 0.3) is 0 Å². The fourth-order valence-corrected chi connectivity index (χ4v) is 2.22. The SMILES string of the molecule is CCN(CC(=O)NC(C)C)C(=O)CSC(C)C(C)O. The number of aliphatic hydroxyl groups is 1. The van der Waals surface area contributed by atoms with Gasteiger partial charge in [-0.2, -0.15) is 0 Å². The summed E-state index contributed by atoms with van der Waals surface area (Å²) in [6, 6.07) is 0.0749. The zero-order valence-electron chi connectivity index (χ0n) is 12.5. The molecule has 0 aromatic heterocycles. The predicted octanol–water partition coefficient (Wildman–Crippen LogP) is 0.862. The Morgan fingerprint density at radius 2 is 1.84 bits per heavy atom. The Kier molecular flexibility index (Phi) is 8.84. The zero-order chi connectivity index (χ0) is 15.0. The summed E-state index contributed by atoms with van der Waals surface area (Å²) in [4.78, 5) is 25.1. The number of hydrogen-bond acceptors (Lipinski definition) is 4. The smallest absolute Gasteiger partial charge is 0.239 e. The van der Waals surface area contributed by atoms with Gasteiger partial charge in [0.2, 0.25) is 11.8 Å². The van der Waals surface area contributed by atoms with Crippen LogP contribution in [0.5, 0.6) is 0 Å². The van der Waals surface area contributed by atoms with Gasteiger partial charge in [-0.25, -0.2) is 0 Å². The van der Waals surface area contributed by atoms with Crippen LogP contribution in [-0.4, -0.2) is 58.1 Å². The molecule has 0 bridgehead atoms. The number of aliphatic hydroxyl groups excluding tert-OH is 1. The molecule has 0 heterocycles. The summed E-state index contributed by atoms with van der Waals surface area (Å²) in [5.41, 5.74) is 0. The van der Waals surface area contributed by atoms with Crippen LogP contribution in [0.2, 0.25) is 0 Å². The van der Waals surface area contributed by atoms with Gasteiger partial charge in [-0.05, 0) is 27.7 Å². The molecule has 5 nitrogen and oxygen atoms in total. The fourth-order valence-electron chi connectivity index (χ4n) is 1.35. The minimum absolute atomic E-state index is 0.00662. The maximum absolute atomic E-state index is 12.0. The second kappa shape index (κ2) is 9.20. The van der Waals surface area contributed by atoms with Gasteiger partial charge in [0.1, 0.15) is 0 Å². The molecular formula is C13H26N2O3S. The highest BCUT2D eigenvalue weighted by Crippen LogP contribution is 2.14. The highest BCUT2D eigenvalue weighted by atomic mass is 32.2. The van der Waals surface area contributed by atoms with Crippen LogP contribution in [0.15, 0.2) is 0 Å². The number of amides is 2. The van der Waals surface area contributed by atoms with E-state index >= 15 is 0 Å². The van der Waals surface area contributed by atoms with E-state index in [1.165, 1.54) is 16.7 Å². The largest absolute Gasteiger partial charge is 0.392 e. The Hall–Kier alpha value is -0.750. The van der Waals surface area contributed by atoms with Gasteiger partial charge in [0.15, 0.2) is 0 Å². The van der Waals surface area contributed by atoms with Crippen LogP contribution in [0.25, 0.3) is 0 Å². The second-order valence-corrected chi connectivity index (χ2v) is 6.25. The molecule has 0 saturated heterocycles. The molecule has 0 spiro atoms. The average molecular weight is 290 g/mol. The topological polar surface area (TPSA) is 69.6 Å². The standard InChI is InChI=1S/C13H26N2O3S/c1-6-15(7-12(17)14-9(2)3)13(18)8-19-11(5)10(4)16/h9-11,16H,6-8H2,1-5H3,(H,14,17). The average Bonchev–Trinajstić information content (AvgIpc) is 2.31. The van der Waals surface area contributed by atoms with Crippen molar-refractivity contribution in [3.63, 3.8) is 0 Å². The van der Waals surface area contributed by atoms with E-state index in [1.54, 1.807) is 6.92 Å². The van der Waals surface area contributed by atoms with Crippen LogP contribution in [0.3, 0.4) is 0 Å². The van der Waals surface area contributed by atoms with E-state index in [0.717, 1.165) is 0 Å². The zero-order valence-corrected chi connectivity index (χ0v) is 13.3. The summed E-state index contributed by atoms with van der Waals surface area (Å²) in [6.45, 7) is 9.81. The van der Waals surface area contributed by atoms with Crippen LogP contribution in [0.1, 0.15) is 34.6 Å². The molecule has 0 aliphatic rings. The van der Waals surface area contributed by atoms with E-state index < -0.39 is 6.10 Å². The number of carbonyl (C=O) groups is 2. The number of rotatable bonds is 8. The molecule has 2 atom stereocenters. The van der Waals surface area contributed by atoms with Crippen molar-refractivity contribution in [3.05, 3.63) is 0 Å². The minimum Gasteiger partial charge on any atom is -0.392 e. The number of nitrogens with one attached hydrogen (secondary N) is 1. The number of likely N-dealkylation sites (N-methyl/N-ethyl adjacent to an activating group) is 1. The first kappa shape index (κ1) is 18.2. The predicted molar refractivity (Wildman–Crippen MR) is 79.1 cm³/mol. The van der Waals surface area contributed by atoms with Crippen LogP contribution < -0.4 is 5.32 Å². The molecule has 2 N–H and O–H groups in total. The molecule has 0 aromatic rings. The lowest BCUT2D eigenvalue weighted by Gasteiger charge is -2.22. The summed E-state index contributed by atoms with van der Waals surface area (Å²) < 4.78 is 0. The van der Waals surface area contributed by atoms with E-state index in [-0.39, 0.29) is 35.4 Å². The molecule has 0 rings (SSSR count). The van der Waals surface area contributed by atoms with Crippen molar-refractivity contribution in [3.8, 4) is 0 Å². The molecule has 112 valence electrons. The Balaban J connectivity index is 4.21. The lowest BCUT2D eigenvalue weighted by atomic mass is 10.3. The first-order valence-corrected chi connectivity index (χ1v) is 7.69. The molecule has 0 radical (unpaired) electrons. The third-order valence-electron chi connectivity index (χ3n) is 2.67. The van der Waals surface area contributed by atoms with Crippen molar-refractivity contribution in [2.45, 2.75) is 52.0 Å². The molecule has 0 aliphatic carbocycles. The number of thioether (sulfide) groups is 1. The normalized spacial score (nSPS) is 14.1. The van der Waals surface area contributed by atoms with Gasteiger partial charge in [0, 0.05) is 17.8 Å². The van der Waals surface area contributed by atoms with Crippen LogP contribution in [0, 0.1) is 0 Å². The Morgan fingerprint density at radius 1 is 1.26 bits per heavy atom. The van der Waals surface area contributed by atoms with Crippen molar-refractivity contribution < 1.29 is 14.7 Å². The summed E-state index contributed by atoms with van der Waals surface area (Å²) in [5.74, 6) is 0.0761. The molecule has 2 unspecified atom stereocenters. The third-order valence-corrected chi connectivity index (χ3v) is 4.00. The second-order valence-electron chi connectivity index (χ2n) is 4.89. The van der Waals surface area contributed by atoms with E-state index in [1.807, 2.05) is 27.7 Å². The molecular weight excluding hydrogens is 264 g/mol. The fraction of sp³-hybridized carbons (Fsp3) is 0.846. The van der Waals surface area contributed by atoms with Gasteiger partial charge in [-0.1, -0.05) is 6.92 Å². The number of carbonyl (C=O) groups excluding carboxylic acids is 2. The van der Waals surface area contributed by atoms with Gasteiger partial charge in [-0.15, -0.1) is 11.8 Å². The molecule has 0 fully saturated rings. The molecule has 2 amide bonds. The van der Waals surface area contributed by atoms with Crippen molar-refractivity contribution in [1.29, 1.82) is 0 Å². The molecule has 0 aliphatic heterocycles. The molecule has 19 heavy (non-hydrogen) atoms.